The summed E-state index contributed by atoms with van der Waals surface area (Å²) in [6.45, 7) is 0. The molecule has 0 N–H and O–H groups in total. The van der Waals surface area contributed by atoms with Crippen LogP contribution in [0.3, 0.4) is 0 Å². The maximum atomic E-state index is 11.0. The Morgan fingerprint density at radius 1 is 1.33 bits per heavy atom. The molecule has 74 valence electrons. The summed E-state index contributed by atoms with van der Waals surface area (Å²) in [6, 6.07) is 0. The van der Waals surface area contributed by atoms with Crippen LogP contribution >= 0.6 is 60.8 Å². The van der Waals surface area contributed by atoms with Crippen molar-refractivity contribution in [3.63, 3.8) is 0 Å². The zero-order valence-corrected chi connectivity index (χ0v) is 13.8. The van der Waals surface area contributed by atoms with Crippen LogP contribution in [-0.2, 0) is 37.4 Å². The van der Waals surface area contributed by atoms with Gasteiger partial charge >= 0.3 is 0 Å². The van der Waals surface area contributed by atoms with Gasteiger partial charge in [-0.2, -0.15) is 0 Å². The lowest BCUT2D eigenvalue weighted by molar-refractivity contribution is 0.695. The van der Waals surface area contributed by atoms with Gasteiger partial charge in [0.1, 0.15) is 0 Å². The molecule has 1 atom stereocenters. The van der Waals surface area contributed by atoms with Gasteiger partial charge in [-0.1, -0.05) is 11.7 Å². The molecule has 0 saturated carbocycles. The van der Waals surface area contributed by atoms with Crippen molar-refractivity contribution < 1.29 is 4.21 Å². The predicted molar refractivity (Wildman–Crippen MR) is 83.1 cm³/mol. The summed E-state index contributed by atoms with van der Waals surface area (Å²) in [6.07, 6.45) is 1.56. The highest BCUT2D eigenvalue weighted by molar-refractivity contribution is 9.50. The summed E-state index contributed by atoms with van der Waals surface area (Å²) in [7, 11) is 6.17. The van der Waals surface area contributed by atoms with E-state index in [9.17, 15) is 4.21 Å². The summed E-state index contributed by atoms with van der Waals surface area (Å²) in [5.41, 5.74) is 0. The highest BCUT2D eigenvalue weighted by Crippen LogP contribution is 2.51. The second kappa shape index (κ2) is 8.22. The fraction of sp³-hybridized carbons (Fsp3) is 1.00. The van der Waals surface area contributed by atoms with E-state index in [1.54, 1.807) is 6.26 Å². The number of hydrogen-bond acceptors (Lipinski definition) is 9. The van der Waals surface area contributed by atoms with Crippen LogP contribution in [0.2, 0.25) is 0 Å². The van der Waals surface area contributed by atoms with E-state index in [4.69, 9.17) is 22.4 Å². The minimum absolute atomic E-state index is 1.07. The first-order valence-corrected chi connectivity index (χ1v) is 15.4. The van der Waals surface area contributed by atoms with E-state index in [1.165, 1.54) is 49.1 Å². The zero-order chi connectivity index (χ0) is 9.61. The highest BCUT2D eigenvalue weighted by atomic mass is 34.0. The molecule has 0 saturated heterocycles. The van der Waals surface area contributed by atoms with Crippen LogP contribution in [0.15, 0.2) is 0 Å². The molecule has 0 amide bonds. The molecular formula is CH4OS10. The second-order valence-corrected chi connectivity index (χ2v) is 23.0. The van der Waals surface area contributed by atoms with Crippen molar-refractivity contribution in [2.24, 2.45) is 0 Å². The van der Waals surface area contributed by atoms with Gasteiger partial charge in [-0.25, -0.2) is 4.21 Å². The van der Waals surface area contributed by atoms with Crippen molar-refractivity contribution in [3.8, 4) is 0 Å². The fourth-order valence-electron chi connectivity index (χ4n) is 0.108. The van der Waals surface area contributed by atoms with Gasteiger partial charge in [-0.3, -0.25) is 0 Å². The van der Waals surface area contributed by atoms with Crippen LogP contribution in [0.1, 0.15) is 0 Å². The van der Waals surface area contributed by atoms with Gasteiger partial charge in [-0.15, -0.1) is 0 Å². The first-order valence-electron chi connectivity index (χ1n) is 2.09. The number of thiol groups is 1. The number of hydrogen-bond donors (Lipinski definition) is 1. The predicted octanol–water partition coefficient (Wildman–Crippen LogP) is 3.44. The van der Waals surface area contributed by atoms with Crippen molar-refractivity contribution in [2.75, 3.05) is 6.26 Å². The van der Waals surface area contributed by atoms with E-state index >= 15 is 0 Å². The summed E-state index contributed by atoms with van der Waals surface area (Å²) in [4.78, 5) is 0. The first kappa shape index (κ1) is 15.0. The van der Waals surface area contributed by atoms with E-state index in [2.05, 4.69) is 11.7 Å². The van der Waals surface area contributed by atoms with Gasteiger partial charge in [0.25, 0.3) is 0 Å². The van der Waals surface area contributed by atoms with Crippen molar-refractivity contribution >= 4 is 98.2 Å². The molecule has 0 aromatic carbocycles. The van der Waals surface area contributed by atoms with E-state index in [0.717, 1.165) is 0 Å². The van der Waals surface area contributed by atoms with Gasteiger partial charge in [0.15, 0.2) is 0 Å². The molecule has 11 heteroatoms. The van der Waals surface area contributed by atoms with Crippen LogP contribution in [0.25, 0.3) is 0 Å². The summed E-state index contributed by atoms with van der Waals surface area (Å²) in [5.74, 6) is 0. The molecule has 12 heavy (non-hydrogen) atoms. The Balaban J connectivity index is 3.71. The normalized spacial score (nSPS) is 14.5. The third kappa shape index (κ3) is 7.35. The smallest absolute Gasteiger partial charge is 0.0948 e. The van der Waals surface area contributed by atoms with Crippen LogP contribution in [0.4, 0.5) is 0 Å². The largest absolute Gasteiger partial charge is 0.247 e. The molecule has 1 unspecified atom stereocenters. The lowest BCUT2D eigenvalue weighted by atomic mass is 12.0. The topological polar surface area (TPSA) is 17.1 Å². The van der Waals surface area contributed by atoms with Crippen LogP contribution in [0, 0.1) is 0 Å². The molecule has 0 fully saturated rings. The molecule has 0 aliphatic rings. The van der Waals surface area contributed by atoms with E-state index < -0.39 is 15.0 Å². The minimum Gasteiger partial charge on any atom is -0.247 e. The Bertz CT molecular complexity index is 224. The van der Waals surface area contributed by atoms with Crippen molar-refractivity contribution in [1.82, 2.24) is 0 Å². The van der Waals surface area contributed by atoms with E-state index in [0.29, 0.717) is 0 Å². The minimum atomic E-state index is -1.83. The van der Waals surface area contributed by atoms with Gasteiger partial charge in [0.2, 0.25) is 0 Å². The van der Waals surface area contributed by atoms with Gasteiger partial charge < -0.3 is 0 Å². The van der Waals surface area contributed by atoms with Gasteiger partial charge in [-0.05, 0) is 51.9 Å². The summed E-state index contributed by atoms with van der Waals surface area (Å²) < 4.78 is 11.0. The molecule has 0 aromatic heterocycles. The maximum absolute atomic E-state index is 11.0. The lowest BCUT2D eigenvalue weighted by Crippen LogP contribution is -1.94. The SMILES string of the molecule is CS(=O)S(=S)(=S)SSSSSS. The first-order chi connectivity index (χ1) is 5.50. The third-order valence-corrected chi connectivity index (χ3v) is 23.7. The Labute approximate surface area is 107 Å². The quantitative estimate of drug-likeness (QED) is 0.439. The van der Waals surface area contributed by atoms with Crippen LogP contribution in [0.5, 0.6) is 0 Å². The Morgan fingerprint density at radius 3 is 2.33 bits per heavy atom. The summed E-state index contributed by atoms with van der Waals surface area (Å²) >= 11 is 14.0. The fourth-order valence-corrected chi connectivity index (χ4v) is 20.0. The van der Waals surface area contributed by atoms with Gasteiger partial charge in [0.05, 0.1) is 9.83 Å². The molecule has 0 bridgehead atoms. The van der Waals surface area contributed by atoms with Crippen molar-refractivity contribution in [1.29, 1.82) is 0 Å². The molecule has 0 radical (unpaired) electrons. The average Bonchev–Trinajstić information content (AvgIpc) is 1.98. The van der Waals surface area contributed by atoms with Crippen molar-refractivity contribution in [2.45, 2.75) is 0 Å². The molecule has 0 aliphatic heterocycles. The van der Waals surface area contributed by atoms with Crippen LogP contribution in [-0.4, -0.2) is 10.5 Å². The summed E-state index contributed by atoms with van der Waals surface area (Å²) in [5, 5.41) is -1.83. The molecular weight excluding hydrogens is 349 g/mol. The monoisotopic (exact) mass is 352 g/mol. The average molecular weight is 353 g/mol. The maximum Gasteiger partial charge on any atom is 0.0948 e. The molecule has 0 spiro atoms. The standard InChI is InChI=1S/CH4OS10/c1-11(2)12(4,5)10-9-8-7-6-3/h3H,1H3. The molecule has 0 aliphatic carbocycles. The molecule has 0 heterocycles. The van der Waals surface area contributed by atoms with E-state index in [-0.39, 0.29) is 0 Å². The van der Waals surface area contributed by atoms with Crippen LogP contribution < -0.4 is 0 Å². The molecule has 0 rings (SSSR count). The van der Waals surface area contributed by atoms with E-state index in [1.807, 2.05) is 0 Å². The zero-order valence-electron chi connectivity index (χ0n) is 5.53. The Morgan fingerprint density at radius 2 is 1.92 bits per heavy atom. The lowest BCUT2D eigenvalue weighted by Gasteiger charge is -2.02. The Hall–Kier alpha value is 3.04. The molecule has 1 nitrogen and oxygen atoms in total. The third-order valence-electron chi connectivity index (χ3n) is 0.485. The van der Waals surface area contributed by atoms with Crippen molar-refractivity contribution in [3.05, 3.63) is 0 Å². The Kier molecular flexibility index (Phi) is 10.3. The molecule has 0 aromatic rings. The second-order valence-electron chi connectivity index (χ2n) is 1.16. The highest BCUT2D eigenvalue weighted by Gasteiger charge is 2.08. The van der Waals surface area contributed by atoms with Gasteiger partial charge in [0, 0.05) is 31.1 Å². The number of rotatable bonds is 6.